The van der Waals surface area contributed by atoms with E-state index in [-0.39, 0.29) is 17.7 Å². The van der Waals surface area contributed by atoms with Gasteiger partial charge in [-0.2, -0.15) is 0 Å². The first kappa shape index (κ1) is 18.0. The number of hydrogen-bond donors (Lipinski definition) is 1. The highest BCUT2D eigenvalue weighted by Gasteiger charge is 2.20. The first-order valence-corrected chi connectivity index (χ1v) is 7.77. The maximum atomic E-state index is 6.27. The van der Waals surface area contributed by atoms with E-state index in [1.54, 1.807) is 7.11 Å². The molecule has 1 rings (SSSR count). The lowest BCUT2D eigenvalue weighted by atomic mass is 10.0. The summed E-state index contributed by atoms with van der Waals surface area (Å²) in [5, 5.41) is 3.54. The van der Waals surface area contributed by atoms with Gasteiger partial charge in [0.05, 0.1) is 19.3 Å². The zero-order valence-corrected chi connectivity index (χ0v) is 14.6. The van der Waals surface area contributed by atoms with Crippen LogP contribution in [-0.4, -0.2) is 25.3 Å². The van der Waals surface area contributed by atoms with Crippen LogP contribution in [0.1, 0.15) is 53.2 Å². The van der Waals surface area contributed by atoms with Gasteiger partial charge in [0.1, 0.15) is 5.75 Å². The molecule has 0 bridgehead atoms. The zero-order valence-electron chi connectivity index (χ0n) is 14.6. The van der Waals surface area contributed by atoms with Crippen LogP contribution in [0.4, 0.5) is 0 Å². The molecule has 0 spiro atoms. The molecule has 3 nitrogen and oxygen atoms in total. The number of nitrogens with one attached hydrogen (secondary N) is 1. The van der Waals surface area contributed by atoms with Crippen molar-refractivity contribution < 1.29 is 9.47 Å². The van der Waals surface area contributed by atoms with Crippen molar-refractivity contribution in [3.63, 3.8) is 0 Å². The third-order valence-corrected chi connectivity index (χ3v) is 3.60. The van der Waals surface area contributed by atoms with E-state index < -0.39 is 0 Å². The Labute approximate surface area is 130 Å². The summed E-state index contributed by atoms with van der Waals surface area (Å²) in [4.78, 5) is 0. The van der Waals surface area contributed by atoms with Gasteiger partial charge in [-0.25, -0.2) is 0 Å². The third-order valence-electron chi connectivity index (χ3n) is 3.60. The second kappa shape index (κ2) is 7.81. The minimum absolute atomic E-state index is 0.0247. The molecule has 0 saturated carbocycles. The zero-order chi connectivity index (χ0) is 16.0. The van der Waals surface area contributed by atoms with E-state index >= 15 is 0 Å². The normalized spacial score (nSPS) is 15.0. The predicted octanol–water partition coefficient (Wildman–Crippen LogP) is 4.19. The minimum atomic E-state index is 0.0247. The summed E-state index contributed by atoms with van der Waals surface area (Å²) in [5.74, 6) is 1.36. The molecule has 0 amide bonds. The third kappa shape index (κ3) is 6.49. The monoisotopic (exact) mass is 293 g/mol. The molecule has 0 aliphatic heterocycles. The fourth-order valence-corrected chi connectivity index (χ4v) is 1.90. The summed E-state index contributed by atoms with van der Waals surface area (Å²) in [7, 11) is 1.69. The SMILES string of the molecule is COc1cccc(C(CNC(C)(C)C)OC(C)C(C)C)c1. The van der Waals surface area contributed by atoms with Crippen LogP contribution in [0.3, 0.4) is 0 Å². The van der Waals surface area contributed by atoms with E-state index in [0.29, 0.717) is 5.92 Å². The van der Waals surface area contributed by atoms with E-state index in [0.717, 1.165) is 17.9 Å². The Balaban J connectivity index is 2.88. The van der Waals surface area contributed by atoms with Crippen LogP contribution in [0.2, 0.25) is 0 Å². The van der Waals surface area contributed by atoms with Crippen LogP contribution in [0, 0.1) is 5.92 Å². The first-order chi connectivity index (χ1) is 9.73. The first-order valence-electron chi connectivity index (χ1n) is 7.77. The van der Waals surface area contributed by atoms with Gasteiger partial charge in [0, 0.05) is 12.1 Å². The van der Waals surface area contributed by atoms with E-state index in [4.69, 9.17) is 9.47 Å². The standard InChI is InChI=1S/C18H31NO2/c1-13(2)14(3)21-17(12-19-18(4,5)6)15-9-8-10-16(11-15)20-7/h8-11,13-14,17,19H,12H2,1-7H3. The van der Waals surface area contributed by atoms with E-state index in [1.807, 2.05) is 12.1 Å². The van der Waals surface area contributed by atoms with Gasteiger partial charge in [0.2, 0.25) is 0 Å². The minimum Gasteiger partial charge on any atom is -0.497 e. The molecular weight excluding hydrogens is 262 g/mol. The second-order valence-corrected chi connectivity index (χ2v) is 6.98. The van der Waals surface area contributed by atoms with E-state index in [1.165, 1.54) is 0 Å². The molecule has 1 aromatic carbocycles. The molecule has 0 fully saturated rings. The number of rotatable bonds is 7. The Morgan fingerprint density at radius 3 is 2.33 bits per heavy atom. The highest BCUT2D eigenvalue weighted by molar-refractivity contribution is 5.30. The van der Waals surface area contributed by atoms with Gasteiger partial charge in [-0.15, -0.1) is 0 Å². The Kier molecular flexibility index (Phi) is 6.69. The number of benzene rings is 1. The van der Waals surface area contributed by atoms with E-state index in [2.05, 4.69) is 59.0 Å². The molecule has 0 saturated heterocycles. The Morgan fingerprint density at radius 2 is 1.81 bits per heavy atom. The lowest BCUT2D eigenvalue weighted by Crippen LogP contribution is -2.40. The molecule has 0 aliphatic rings. The Hall–Kier alpha value is -1.06. The van der Waals surface area contributed by atoms with Gasteiger partial charge in [-0.1, -0.05) is 26.0 Å². The van der Waals surface area contributed by atoms with Crippen molar-refractivity contribution in [2.75, 3.05) is 13.7 Å². The fraction of sp³-hybridized carbons (Fsp3) is 0.667. The summed E-state index contributed by atoms with van der Waals surface area (Å²) in [6, 6.07) is 8.14. The van der Waals surface area contributed by atoms with Gasteiger partial charge in [-0.3, -0.25) is 0 Å². The summed E-state index contributed by atoms with van der Waals surface area (Å²) >= 11 is 0. The molecular formula is C18H31NO2. The van der Waals surface area contributed by atoms with Gasteiger partial charge < -0.3 is 14.8 Å². The largest absolute Gasteiger partial charge is 0.497 e. The Bertz CT molecular complexity index is 423. The van der Waals surface area contributed by atoms with Gasteiger partial charge >= 0.3 is 0 Å². The second-order valence-electron chi connectivity index (χ2n) is 6.98. The molecule has 120 valence electrons. The van der Waals surface area contributed by atoms with E-state index in [9.17, 15) is 0 Å². The topological polar surface area (TPSA) is 30.5 Å². The van der Waals surface area contributed by atoms with Crippen LogP contribution in [-0.2, 0) is 4.74 Å². The van der Waals surface area contributed by atoms with Crippen LogP contribution in [0.15, 0.2) is 24.3 Å². The summed E-state index contributed by atoms with van der Waals surface area (Å²) in [5.41, 5.74) is 1.22. The molecule has 2 unspecified atom stereocenters. The lowest BCUT2D eigenvalue weighted by Gasteiger charge is -2.29. The molecule has 1 N–H and O–H groups in total. The van der Waals surface area contributed by atoms with Crippen molar-refractivity contribution in [3.8, 4) is 5.75 Å². The van der Waals surface area contributed by atoms with Crippen molar-refractivity contribution in [3.05, 3.63) is 29.8 Å². The van der Waals surface area contributed by atoms with Crippen molar-refractivity contribution >= 4 is 0 Å². The fourth-order valence-electron chi connectivity index (χ4n) is 1.90. The number of ether oxygens (including phenoxy) is 2. The summed E-state index contributed by atoms with van der Waals surface area (Å²) in [6.45, 7) is 13.8. The quantitative estimate of drug-likeness (QED) is 0.818. The molecule has 0 heterocycles. The van der Waals surface area contributed by atoms with Crippen LogP contribution in [0.25, 0.3) is 0 Å². The molecule has 3 heteroatoms. The number of hydrogen-bond acceptors (Lipinski definition) is 3. The molecule has 1 aromatic rings. The van der Waals surface area contributed by atoms with Crippen LogP contribution in [0.5, 0.6) is 5.75 Å². The van der Waals surface area contributed by atoms with Gasteiger partial charge in [0.15, 0.2) is 0 Å². The predicted molar refractivity (Wildman–Crippen MR) is 88.9 cm³/mol. The van der Waals surface area contributed by atoms with Crippen LogP contribution >= 0.6 is 0 Å². The number of methoxy groups -OCH3 is 1. The maximum Gasteiger partial charge on any atom is 0.119 e. The van der Waals surface area contributed by atoms with Crippen LogP contribution < -0.4 is 10.1 Å². The molecule has 21 heavy (non-hydrogen) atoms. The molecule has 0 aliphatic carbocycles. The Morgan fingerprint density at radius 1 is 1.14 bits per heavy atom. The lowest BCUT2D eigenvalue weighted by molar-refractivity contribution is -0.0283. The van der Waals surface area contributed by atoms with Gasteiger partial charge in [-0.05, 0) is 51.3 Å². The van der Waals surface area contributed by atoms with Gasteiger partial charge in [0.25, 0.3) is 0 Å². The molecule has 0 radical (unpaired) electrons. The summed E-state index contributed by atoms with van der Waals surface area (Å²) < 4.78 is 11.6. The van der Waals surface area contributed by atoms with Crippen molar-refractivity contribution in [1.82, 2.24) is 5.32 Å². The highest BCUT2D eigenvalue weighted by Crippen LogP contribution is 2.25. The molecule has 2 atom stereocenters. The summed E-state index contributed by atoms with van der Waals surface area (Å²) in [6.07, 6.45) is 0.236. The average molecular weight is 293 g/mol. The average Bonchev–Trinajstić information content (AvgIpc) is 2.42. The van der Waals surface area contributed by atoms with Crippen molar-refractivity contribution in [2.45, 2.75) is 59.3 Å². The smallest absolute Gasteiger partial charge is 0.119 e. The highest BCUT2D eigenvalue weighted by atomic mass is 16.5. The maximum absolute atomic E-state index is 6.27. The molecule has 0 aromatic heterocycles. The van der Waals surface area contributed by atoms with Crippen molar-refractivity contribution in [2.24, 2.45) is 5.92 Å². The van der Waals surface area contributed by atoms with Crippen molar-refractivity contribution in [1.29, 1.82) is 0 Å².